The summed E-state index contributed by atoms with van der Waals surface area (Å²) >= 11 is 0. The maximum Gasteiger partial charge on any atom is 0.0791 e. The van der Waals surface area contributed by atoms with E-state index in [2.05, 4.69) is 15.2 Å². The van der Waals surface area contributed by atoms with Crippen molar-refractivity contribution in [1.82, 2.24) is 15.2 Å². The Morgan fingerprint density at radius 2 is 2.33 bits per heavy atom. The normalized spacial score (nSPS) is 13.1. The lowest BCUT2D eigenvalue weighted by Gasteiger charge is -2.19. The minimum absolute atomic E-state index is 0.330. The fourth-order valence-electron chi connectivity index (χ4n) is 1.49. The third-order valence-corrected chi connectivity index (χ3v) is 2.12. The summed E-state index contributed by atoms with van der Waals surface area (Å²) in [6, 6.07) is 5.86. The van der Waals surface area contributed by atoms with Gasteiger partial charge in [0.1, 0.15) is 0 Å². The Balaban J connectivity index is 2.33. The number of hydrogen-bond acceptors (Lipinski definition) is 4. The number of aliphatic hydroxyl groups excluding tert-OH is 1. The van der Waals surface area contributed by atoms with Crippen LogP contribution in [0.15, 0.2) is 24.4 Å². The second-order valence-corrected chi connectivity index (χ2v) is 3.73. The monoisotopic (exact) mass is 209 g/mol. The summed E-state index contributed by atoms with van der Waals surface area (Å²) in [7, 11) is 3.82. The highest BCUT2D eigenvalue weighted by molar-refractivity contribution is 5.03. The van der Waals surface area contributed by atoms with Crippen LogP contribution in [0.2, 0.25) is 0 Å². The van der Waals surface area contributed by atoms with Gasteiger partial charge in [0.05, 0.1) is 11.8 Å². The van der Waals surface area contributed by atoms with Crippen molar-refractivity contribution >= 4 is 0 Å². The zero-order chi connectivity index (χ0) is 11.1. The highest BCUT2D eigenvalue weighted by Crippen LogP contribution is 1.99. The molecule has 1 atom stereocenters. The summed E-state index contributed by atoms with van der Waals surface area (Å²) in [5, 5.41) is 12.5. The lowest BCUT2D eigenvalue weighted by atomic mass is 10.3. The minimum Gasteiger partial charge on any atom is -0.390 e. The molecule has 1 unspecified atom stereocenters. The molecule has 1 aromatic heterocycles. The molecule has 0 aliphatic heterocycles. The molecule has 0 aliphatic carbocycles. The number of aliphatic hydroxyl groups is 1. The molecule has 0 radical (unpaired) electrons. The predicted molar refractivity (Wildman–Crippen MR) is 60.5 cm³/mol. The summed E-state index contributed by atoms with van der Waals surface area (Å²) in [5.41, 5.74) is 1.02. The van der Waals surface area contributed by atoms with Gasteiger partial charge in [0.25, 0.3) is 0 Å². The highest BCUT2D eigenvalue weighted by atomic mass is 16.3. The molecule has 2 N–H and O–H groups in total. The number of rotatable bonds is 6. The molecule has 84 valence electrons. The van der Waals surface area contributed by atoms with E-state index in [9.17, 15) is 5.11 Å². The fourth-order valence-corrected chi connectivity index (χ4v) is 1.49. The van der Waals surface area contributed by atoms with Crippen LogP contribution in [0.25, 0.3) is 0 Å². The molecule has 15 heavy (non-hydrogen) atoms. The van der Waals surface area contributed by atoms with E-state index in [1.54, 1.807) is 6.20 Å². The van der Waals surface area contributed by atoms with E-state index in [-0.39, 0.29) is 6.10 Å². The molecule has 0 saturated carbocycles. The zero-order valence-corrected chi connectivity index (χ0v) is 9.35. The van der Waals surface area contributed by atoms with E-state index in [1.807, 2.05) is 32.3 Å². The van der Waals surface area contributed by atoms with Gasteiger partial charge in [-0.1, -0.05) is 6.07 Å². The molecular formula is C11H19N3O. The van der Waals surface area contributed by atoms with Gasteiger partial charge in [0, 0.05) is 25.8 Å². The van der Waals surface area contributed by atoms with Crippen LogP contribution in [0, 0.1) is 0 Å². The van der Waals surface area contributed by atoms with Crippen LogP contribution in [-0.4, -0.2) is 48.3 Å². The Labute approximate surface area is 90.9 Å². The Bertz CT molecular complexity index is 266. The molecule has 4 nitrogen and oxygen atoms in total. The van der Waals surface area contributed by atoms with Gasteiger partial charge in [-0.05, 0) is 26.2 Å². The standard InChI is InChI=1S/C11H19N3O/c1-12-7-11(15)9-14(2)8-10-5-3-4-6-13-10/h3-6,11-12,15H,7-9H2,1-2H3. The topological polar surface area (TPSA) is 48.4 Å². The SMILES string of the molecule is CNCC(O)CN(C)Cc1ccccn1. The Kier molecular flexibility index (Phi) is 5.25. The van der Waals surface area contributed by atoms with Crippen molar-refractivity contribution in [3.63, 3.8) is 0 Å². The average Bonchev–Trinajstić information content (AvgIpc) is 2.19. The predicted octanol–water partition coefficient (Wildman–Crippen LogP) is 0.0937. The first-order valence-electron chi connectivity index (χ1n) is 5.13. The lowest BCUT2D eigenvalue weighted by molar-refractivity contribution is 0.122. The number of hydrogen-bond donors (Lipinski definition) is 2. The third kappa shape index (κ3) is 4.88. The molecule has 1 rings (SSSR count). The van der Waals surface area contributed by atoms with Gasteiger partial charge in [-0.2, -0.15) is 0 Å². The maximum atomic E-state index is 9.57. The van der Waals surface area contributed by atoms with Crippen molar-refractivity contribution in [2.75, 3.05) is 27.2 Å². The van der Waals surface area contributed by atoms with Crippen molar-refractivity contribution in [1.29, 1.82) is 0 Å². The first kappa shape index (κ1) is 12.1. The van der Waals surface area contributed by atoms with Crippen molar-refractivity contribution in [3.8, 4) is 0 Å². The van der Waals surface area contributed by atoms with Gasteiger partial charge in [-0.25, -0.2) is 0 Å². The first-order valence-corrected chi connectivity index (χ1v) is 5.13. The van der Waals surface area contributed by atoms with E-state index >= 15 is 0 Å². The van der Waals surface area contributed by atoms with Crippen molar-refractivity contribution in [2.24, 2.45) is 0 Å². The molecule has 0 aromatic carbocycles. The van der Waals surface area contributed by atoms with E-state index in [0.717, 1.165) is 12.2 Å². The van der Waals surface area contributed by atoms with Crippen LogP contribution in [-0.2, 0) is 6.54 Å². The molecule has 0 saturated heterocycles. The Hall–Kier alpha value is -0.970. The lowest BCUT2D eigenvalue weighted by Crippen LogP contribution is -2.35. The van der Waals surface area contributed by atoms with E-state index in [1.165, 1.54) is 0 Å². The second kappa shape index (κ2) is 6.50. The zero-order valence-electron chi connectivity index (χ0n) is 9.35. The minimum atomic E-state index is -0.330. The number of aromatic nitrogens is 1. The summed E-state index contributed by atoms with van der Waals surface area (Å²) in [4.78, 5) is 6.29. The quantitative estimate of drug-likeness (QED) is 0.697. The highest BCUT2D eigenvalue weighted by Gasteiger charge is 2.07. The van der Waals surface area contributed by atoms with Crippen LogP contribution < -0.4 is 5.32 Å². The first-order chi connectivity index (χ1) is 7.22. The van der Waals surface area contributed by atoms with E-state index in [0.29, 0.717) is 13.1 Å². The van der Waals surface area contributed by atoms with Gasteiger partial charge in [0.15, 0.2) is 0 Å². The Morgan fingerprint density at radius 3 is 2.93 bits per heavy atom. The molecule has 4 heteroatoms. The van der Waals surface area contributed by atoms with Crippen LogP contribution in [0.4, 0.5) is 0 Å². The van der Waals surface area contributed by atoms with Crippen molar-refractivity contribution in [3.05, 3.63) is 30.1 Å². The van der Waals surface area contributed by atoms with Gasteiger partial charge in [-0.3, -0.25) is 9.88 Å². The molecule has 0 fully saturated rings. The summed E-state index contributed by atoms with van der Waals surface area (Å²) in [6.45, 7) is 2.03. The van der Waals surface area contributed by atoms with Gasteiger partial charge >= 0.3 is 0 Å². The van der Waals surface area contributed by atoms with Gasteiger partial charge < -0.3 is 10.4 Å². The molecule has 0 aliphatic rings. The van der Waals surface area contributed by atoms with Crippen molar-refractivity contribution in [2.45, 2.75) is 12.6 Å². The molecule has 1 heterocycles. The van der Waals surface area contributed by atoms with Gasteiger partial charge in [0.2, 0.25) is 0 Å². The average molecular weight is 209 g/mol. The number of nitrogens with zero attached hydrogens (tertiary/aromatic N) is 2. The number of nitrogens with one attached hydrogen (secondary N) is 1. The van der Waals surface area contributed by atoms with Gasteiger partial charge in [-0.15, -0.1) is 0 Å². The molecular weight excluding hydrogens is 190 g/mol. The van der Waals surface area contributed by atoms with Crippen LogP contribution in [0.3, 0.4) is 0 Å². The largest absolute Gasteiger partial charge is 0.390 e. The maximum absolute atomic E-state index is 9.57. The smallest absolute Gasteiger partial charge is 0.0791 e. The van der Waals surface area contributed by atoms with Crippen LogP contribution >= 0.6 is 0 Å². The Morgan fingerprint density at radius 1 is 1.53 bits per heavy atom. The number of likely N-dealkylation sites (N-methyl/N-ethyl adjacent to an activating group) is 2. The molecule has 1 aromatic rings. The third-order valence-electron chi connectivity index (χ3n) is 2.12. The van der Waals surface area contributed by atoms with Crippen molar-refractivity contribution < 1.29 is 5.11 Å². The molecule has 0 spiro atoms. The summed E-state index contributed by atoms with van der Waals surface area (Å²) < 4.78 is 0. The molecule has 0 amide bonds. The summed E-state index contributed by atoms with van der Waals surface area (Å²) in [5.74, 6) is 0. The van der Waals surface area contributed by atoms with E-state index in [4.69, 9.17) is 0 Å². The number of pyridine rings is 1. The molecule has 0 bridgehead atoms. The summed E-state index contributed by atoms with van der Waals surface area (Å²) in [6.07, 6.45) is 1.46. The van der Waals surface area contributed by atoms with Crippen LogP contribution in [0.1, 0.15) is 5.69 Å². The van der Waals surface area contributed by atoms with Crippen LogP contribution in [0.5, 0.6) is 0 Å². The fraction of sp³-hybridized carbons (Fsp3) is 0.545. The second-order valence-electron chi connectivity index (χ2n) is 3.73. The van der Waals surface area contributed by atoms with E-state index < -0.39 is 0 Å².